The van der Waals surface area contributed by atoms with Gasteiger partial charge in [-0.3, -0.25) is 19.1 Å². The van der Waals surface area contributed by atoms with Crippen molar-refractivity contribution in [2.75, 3.05) is 45.8 Å². The lowest BCUT2D eigenvalue weighted by Gasteiger charge is -2.40. The second kappa shape index (κ2) is 10.7. The molecule has 192 valence electrons. The fourth-order valence-corrected chi connectivity index (χ4v) is 6.34. The molecular formula is C26H40N6O3. The number of likely N-dealkylation sites (tertiary alicyclic amines) is 3. The average Bonchev–Trinajstić information content (AvgIpc) is 3.56. The van der Waals surface area contributed by atoms with Gasteiger partial charge in [0.05, 0.1) is 0 Å². The summed E-state index contributed by atoms with van der Waals surface area (Å²) in [6.07, 6.45) is 9.29. The maximum atomic E-state index is 13.0. The van der Waals surface area contributed by atoms with Crippen LogP contribution in [0, 0.1) is 0 Å². The maximum absolute atomic E-state index is 13.0. The topological polar surface area (TPSA) is 82.0 Å². The molecule has 0 saturated carbocycles. The van der Waals surface area contributed by atoms with Crippen LogP contribution in [0.5, 0.6) is 0 Å². The number of hydrogen-bond donors (Lipinski definition) is 0. The number of nitrogens with zero attached hydrogens (tertiary/aromatic N) is 6. The van der Waals surface area contributed by atoms with Gasteiger partial charge < -0.3 is 19.6 Å². The van der Waals surface area contributed by atoms with E-state index in [4.69, 9.17) is 0 Å². The first kappa shape index (κ1) is 24.3. The van der Waals surface area contributed by atoms with Gasteiger partial charge in [-0.2, -0.15) is 5.10 Å². The van der Waals surface area contributed by atoms with Gasteiger partial charge in [0.25, 0.3) is 5.91 Å². The first-order valence-corrected chi connectivity index (χ1v) is 13.6. The molecule has 3 saturated heterocycles. The van der Waals surface area contributed by atoms with E-state index in [1.165, 1.54) is 32.4 Å². The number of hydrogen-bond acceptors (Lipinski definition) is 5. The van der Waals surface area contributed by atoms with Crippen LogP contribution >= 0.6 is 0 Å². The Kier molecular flexibility index (Phi) is 7.41. The van der Waals surface area contributed by atoms with E-state index < -0.39 is 0 Å². The number of rotatable bonds is 5. The minimum atomic E-state index is -0.0169. The number of carbonyl (C=O) groups excluding carboxylic acids is 3. The second-order valence-corrected chi connectivity index (χ2v) is 10.7. The molecule has 0 unspecified atom stereocenters. The van der Waals surface area contributed by atoms with Gasteiger partial charge in [0, 0.05) is 82.9 Å². The predicted molar refractivity (Wildman–Crippen MR) is 132 cm³/mol. The molecule has 4 aliphatic rings. The fourth-order valence-electron chi connectivity index (χ4n) is 6.34. The van der Waals surface area contributed by atoms with Crippen LogP contribution in [0.4, 0.5) is 0 Å². The van der Waals surface area contributed by atoms with Crippen LogP contribution in [-0.4, -0.2) is 99.0 Å². The number of piperidine rings is 2. The molecule has 1 aromatic rings. The summed E-state index contributed by atoms with van der Waals surface area (Å²) < 4.78 is 1.80. The second-order valence-electron chi connectivity index (χ2n) is 10.7. The molecule has 9 heteroatoms. The number of carbonyl (C=O) groups is 3. The van der Waals surface area contributed by atoms with Crippen molar-refractivity contribution in [3.8, 4) is 0 Å². The number of aryl methyl sites for hydroxylation is 1. The van der Waals surface area contributed by atoms with Gasteiger partial charge in [-0.1, -0.05) is 6.42 Å². The van der Waals surface area contributed by atoms with Crippen molar-refractivity contribution in [2.24, 2.45) is 7.05 Å². The fraction of sp³-hybridized carbons (Fsp3) is 0.769. The van der Waals surface area contributed by atoms with E-state index in [-0.39, 0.29) is 30.6 Å². The molecule has 4 aliphatic heterocycles. The molecule has 0 spiro atoms. The number of fused-ring (bicyclic) bond motifs is 1. The maximum Gasteiger partial charge on any atom is 0.274 e. The Balaban J connectivity index is 1.12. The van der Waals surface area contributed by atoms with Crippen LogP contribution < -0.4 is 0 Å². The van der Waals surface area contributed by atoms with Crippen LogP contribution in [0.15, 0.2) is 0 Å². The van der Waals surface area contributed by atoms with Crippen LogP contribution in [0.3, 0.4) is 0 Å². The molecule has 0 bridgehead atoms. The van der Waals surface area contributed by atoms with E-state index >= 15 is 0 Å². The highest BCUT2D eigenvalue weighted by molar-refractivity contribution is 5.94. The normalized spacial score (nSPS) is 21.9. The standard InChI is InChI=1S/C26H40N6O3/c1-28-22-11-18-32(19-21(22)25(27-28)26(35)31-14-5-6-15-31)24(34)8-7-23(33)30-16-9-20(10-17-30)29-12-3-2-4-13-29/h20H,2-19H2,1H3. The molecule has 1 aromatic heterocycles. The summed E-state index contributed by atoms with van der Waals surface area (Å²) >= 11 is 0. The van der Waals surface area contributed by atoms with Crippen molar-refractivity contribution >= 4 is 17.7 Å². The molecule has 0 radical (unpaired) electrons. The lowest BCUT2D eigenvalue weighted by Crippen LogP contribution is -2.48. The summed E-state index contributed by atoms with van der Waals surface area (Å²) in [6, 6.07) is 0.612. The van der Waals surface area contributed by atoms with E-state index in [1.807, 2.05) is 16.8 Å². The van der Waals surface area contributed by atoms with Gasteiger partial charge in [0.15, 0.2) is 5.69 Å². The molecular weight excluding hydrogens is 444 g/mol. The van der Waals surface area contributed by atoms with E-state index in [0.717, 1.165) is 63.1 Å². The summed E-state index contributed by atoms with van der Waals surface area (Å²) in [6.45, 7) is 6.59. The zero-order valence-electron chi connectivity index (χ0n) is 21.2. The molecule has 9 nitrogen and oxygen atoms in total. The minimum Gasteiger partial charge on any atom is -0.343 e. The monoisotopic (exact) mass is 484 g/mol. The van der Waals surface area contributed by atoms with Crippen molar-refractivity contribution in [1.82, 2.24) is 29.4 Å². The average molecular weight is 485 g/mol. The van der Waals surface area contributed by atoms with E-state index in [0.29, 0.717) is 31.2 Å². The number of amides is 3. The zero-order valence-corrected chi connectivity index (χ0v) is 21.2. The SMILES string of the molecule is Cn1nc(C(=O)N2CCCC2)c2c1CCN(C(=O)CCC(=O)N1CCC(N3CCCCC3)CC1)C2. The molecule has 3 amide bonds. The summed E-state index contributed by atoms with van der Waals surface area (Å²) in [4.78, 5) is 47.1. The molecule has 5 rings (SSSR count). The summed E-state index contributed by atoms with van der Waals surface area (Å²) in [5.74, 6) is 0.0758. The Morgan fingerprint density at radius 3 is 2.09 bits per heavy atom. The third kappa shape index (κ3) is 5.25. The lowest BCUT2D eigenvalue weighted by atomic mass is 9.99. The molecule has 5 heterocycles. The summed E-state index contributed by atoms with van der Waals surface area (Å²) in [5, 5.41) is 4.53. The Morgan fingerprint density at radius 2 is 1.40 bits per heavy atom. The largest absolute Gasteiger partial charge is 0.343 e. The summed E-state index contributed by atoms with van der Waals surface area (Å²) in [7, 11) is 1.88. The first-order valence-electron chi connectivity index (χ1n) is 13.6. The highest BCUT2D eigenvalue weighted by Crippen LogP contribution is 2.26. The highest BCUT2D eigenvalue weighted by atomic mass is 16.2. The van der Waals surface area contributed by atoms with Gasteiger partial charge >= 0.3 is 0 Å². The smallest absolute Gasteiger partial charge is 0.274 e. The lowest BCUT2D eigenvalue weighted by molar-refractivity contribution is -0.138. The van der Waals surface area contributed by atoms with Crippen LogP contribution in [0.2, 0.25) is 0 Å². The number of aromatic nitrogens is 2. The van der Waals surface area contributed by atoms with Gasteiger partial charge in [0.2, 0.25) is 11.8 Å². The van der Waals surface area contributed by atoms with Crippen LogP contribution in [0.1, 0.15) is 79.5 Å². The molecule has 3 fully saturated rings. The molecule has 0 aliphatic carbocycles. The van der Waals surface area contributed by atoms with E-state index in [1.54, 1.807) is 9.58 Å². The Hall–Kier alpha value is -2.42. The predicted octanol–water partition coefficient (Wildman–Crippen LogP) is 1.80. The Labute approximate surface area is 208 Å². The van der Waals surface area contributed by atoms with Gasteiger partial charge in [0.1, 0.15) is 0 Å². The third-order valence-electron chi connectivity index (χ3n) is 8.47. The van der Waals surface area contributed by atoms with Crippen LogP contribution in [-0.2, 0) is 29.6 Å². The van der Waals surface area contributed by atoms with Crippen molar-refractivity contribution in [3.63, 3.8) is 0 Å². The first-order chi connectivity index (χ1) is 17.0. The highest BCUT2D eigenvalue weighted by Gasteiger charge is 2.33. The van der Waals surface area contributed by atoms with Gasteiger partial charge in [-0.15, -0.1) is 0 Å². The van der Waals surface area contributed by atoms with Crippen LogP contribution in [0.25, 0.3) is 0 Å². The molecule has 0 aromatic carbocycles. The van der Waals surface area contributed by atoms with Gasteiger partial charge in [-0.25, -0.2) is 0 Å². The van der Waals surface area contributed by atoms with Crippen molar-refractivity contribution in [2.45, 2.75) is 76.8 Å². The van der Waals surface area contributed by atoms with E-state index in [9.17, 15) is 14.4 Å². The van der Waals surface area contributed by atoms with Crippen molar-refractivity contribution < 1.29 is 14.4 Å². The van der Waals surface area contributed by atoms with Crippen molar-refractivity contribution in [3.05, 3.63) is 17.0 Å². The minimum absolute atomic E-state index is 0.00405. The quantitative estimate of drug-likeness (QED) is 0.637. The summed E-state index contributed by atoms with van der Waals surface area (Å²) in [5.41, 5.74) is 2.42. The molecule has 0 N–H and O–H groups in total. The van der Waals surface area contributed by atoms with Crippen molar-refractivity contribution in [1.29, 1.82) is 0 Å². The Bertz CT molecular complexity index is 939. The molecule has 35 heavy (non-hydrogen) atoms. The van der Waals surface area contributed by atoms with E-state index in [2.05, 4.69) is 10.00 Å². The Morgan fingerprint density at radius 1 is 0.771 bits per heavy atom. The zero-order chi connectivity index (χ0) is 24.4. The molecule has 0 atom stereocenters. The van der Waals surface area contributed by atoms with Gasteiger partial charge in [-0.05, 0) is 51.6 Å². The third-order valence-corrected chi connectivity index (χ3v) is 8.47.